The SMILES string of the molecule is COC(=O)[C@@H](CO)NC(=O)Cc1c(F)cccc1Cl. The molecule has 1 aromatic carbocycles. The lowest BCUT2D eigenvalue weighted by Crippen LogP contribution is -2.44. The van der Waals surface area contributed by atoms with Gasteiger partial charge in [0.05, 0.1) is 20.1 Å². The lowest BCUT2D eigenvalue weighted by atomic mass is 10.1. The van der Waals surface area contributed by atoms with Gasteiger partial charge >= 0.3 is 5.97 Å². The molecule has 0 bridgehead atoms. The van der Waals surface area contributed by atoms with Crippen molar-refractivity contribution < 1.29 is 23.8 Å². The fraction of sp³-hybridized carbons (Fsp3) is 0.333. The highest BCUT2D eigenvalue weighted by molar-refractivity contribution is 6.31. The molecule has 1 amide bonds. The van der Waals surface area contributed by atoms with Crippen molar-refractivity contribution in [1.29, 1.82) is 0 Å². The molecule has 7 heteroatoms. The van der Waals surface area contributed by atoms with Crippen LogP contribution in [0.2, 0.25) is 5.02 Å². The highest BCUT2D eigenvalue weighted by Gasteiger charge is 2.21. The first-order valence-electron chi connectivity index (χ1n) is 5.40. The first kappa shape index (κ1) is 15.4. The van der Waals surface area contributed by atoms with Crippen molar-refractivity contribution in [1.82, 2.24) is 5.32 Å². The van der Waals surface area contributed by atoms with E-state index >= 15 is 0 Å². The predicted molar refractivity (Wildman–Crippen MR) is 66.1 cm³/mol. The van der Waals surface area contributed by atoms with E-state index in [0.29, 0.717) is 0 Å². The number of aliphatic hydroxyl groups excluding tert-OH is 1. The summed E-state index contributed by atoms with van der Waals surface area (Å²) in [5.41, 5.74) is 0.0308. The van der Waals surface area contributed by atoms with Crippen LogP contribution in [-0.2, 0) is 20.7 Å². The monoisotopic (exact) mass is 289 g/mol. The van der Waals surface area contributed by atoms with Gasteiger partial charge in [0.2, 0.25) is 5.91 Å². The number of benzene rings is 1. The molecule has 2 N–H and O–H groups in total. The van der Waals surface area contributed by atoms with Crippen molar-refractivity contribution in [2.24, 2.45) is 0 Å². The maximum Gasteiger partial charge on any atom is 0.330 e. The highest BCUT2D eigenvalue weighted by atomic mass is 35.5. The van der Waals surface area contributed by atoms with Crippen LogP contribution in [0.25, 0.3) is 0 Å². The number of rotatable bonds is 5. The molecule has 0 unspecified atom stereocenters. The summed E-state index contributed by atoms with van der Waals surface area (Å²) in [4.78, 5) is 22.8. The maximum absolute atomic E-state index is 13.4. The zero-order chi connectivity index (χ0) is 14.4. The number of esters is 1. The van der Waals surface area contributed by atoms with E-state index < -0.39 is 30.3 Å². The van der Waals surface area contributed by atoms with Crippen molar-refractivity contribution in [2.75, 3.05) is 13.7 Å². The van der Waals surface area contributed by atoms with Crippen LogP contribution in [0.5, 0.6) is 0 Å². The quantitative estimate of drug-likeness (QED) is 0.781. The number of ether oxygens (including phenoxy) is 1. The molecule has 0 aliphatic rings. The minimum absolute atomic E-state index is 0.0308. The molecule has 0 radical (unpaired) electrons. The fourth-order valence-corrected chi connectivity index (χ4v) is 1.66. The number of methoxy groups -OCH3 is 1. The van der Waals surface area contributed by atoms with Crippen LogP contribution in [0.3, 0.4) is 0 Å². The van der Waals surface area contributed by atoms with Gasteiger partial charge in [-0.3, -0.25) is 4.79 Å². The van der Waals surface area contributed by atoms with E-state index in [4.69, 9.17) is 16.7 Å². The van der Waals surface area contributed by atoms with Crippen LogP contribution in [0, 0.1) is 5.82 Å². The third-order valence-electron chi connectivity index (χ3n) is 2.40. The third kappa shape index (κ3) is 4.18. The van der Waals surface area contributed by atoms with Gasteiger partial charge in [0, 0.05) is 10.6 Å². The molecule has 1 aromatic rings. The smallest absolute Gasteiger partial charge is 0.330 e. The molecule has 0 saturated carbocycles. The van der Waals surface area contributed by atoms with E-state index in [1.54, 1.807) is 0 Å². The molecule has 0 aliphatic carbocycles. The van der Waals surface area contributed by atoms with Crippen LogP contribution >= 0.6 is 11.6 Å². The van der Waals surface area contributed by atoms with Crippen LogP contribution < -0.4 is 5.32 Å². The number of hydrogen-bond donors (Lipinski definition) is 2. The second-order valence-corrected chi connectivity index (χ2v) is 4.11. The maximum atomic E-state index is 13.4. The van der Waals surface area contributed by atoms with Crippen LogP contribution in [-0.4, -0.2) is 36.7 Å². The lowest BCUT2D eigenvalue weighted by Gasteiger charge is -2.14. The molecule has 0 heterocycles. The standard InChI is InChI=1S/C12H13ClFNO4/c1-19-12(18)10(6-16)15-11(17)5-7-8(13)3-2-4-9(7)14/h2-4,10,16H,5-6H2,1H3,(H,15,17)/t10-/m1/s1. The van der Waals surface area contributed by atoms with Gasteiger partial charge < -0.3 is 15.2 Å². The zero-order valence-electron chi connectivity index (χ0n) is 10.2. The van der Waals surface area contributed by atoms with Gasteiger partial charge in [0.1, 0.15) is 5.82 Å². The Morgan fingerprint density at radius 2 is 2.21 bits per heavy atom. The average Bonchev–Trinajstić information content (AvgIpc) is 2.39. The number of hydrogen-bond acceptors (Lipinski definition) is 4. The Kier molecular flexibility index (Phi) is 5.72. The fourth-order valence-electron chi connectivity index (χ4n) is 1.43. The third-order valence-corrected chi connectivity index (χ3v) is 2.76. The summed E-state index contributed by atoms with van der Waals surface area (Å²) < 4.78 is 17.8. The van der Waals surface area contributed by atoms with Crippen LogP contribution in [0.15, 0.2) is 18.2 Å². The Labute approximate surface area is 114 Å². The summed E-state index contributed by atoms with van der Waals surface area (Å²) in [5.74, 6) is -2.03. The number of carbonyl (C=O) groups excluding carboxylic acids is 2. The second kappa shape index (κ2) is 7.06. The molecule has 0 aromatic heterocycles. The van der Waals surface area contributed by atoms with Gasteiger partial charge in [-0.1, -0.05) is 17.7 Å². The van der Waals surface area contributed by atoms with E-state index in [1.807, 2.05) is 0 Å². The Morgan fingerprint density at radius 1 is 1.53 bits per heavy atom. The van der Waals surface area contributed by atoms with Crippen molar-refractivity contribution in [3.63, 3.8) is 0 Å². The van der Waals surface area contributed by atoms with E-state index in [2.05, 4.69) is 10.1 Å². The molecular formula is C12H13ClFNO4. The zero-order valence-corrected chi connectivity index (χ0v) is 10.9. The molecule has 0 fully saturated rings. The Morgan fingerprint density at radius 3 is 2.74 bits per heavy atom. The molecule has 0 saturated heterocycles. The topological polar surface area (TPSA) is 75.6 Å². The van der Waals surface area contributed by atoms with E-state index in [-0.39, 0.29) is 17.0 Å². The first-order valence-corrected chi connectivity index (χ1v) is 5.78. The van der Waals surface area contributed by atoms with Gasteiger partial charge in [0.15, 0.2) is 6.04 Å². The van der Waals surface area contributed by atoms with Gasteiger partial charge in [-0.2, -0.15) is 0 Å². The molecule has 104 valence electrons. The van der Waals surface area contributed by atoms with Gasteiger partial charge in [-0.15, -0.1) is 0 Å². The number of aliphatic hydroxyl groups is 1. The molecule has 1 rings (SSSR count). The Balaban J connectivity index is 2.72. The minimum Gasteiger partial charge on any atom is -0.467 e. The summed E-state index contributed by atoms with van der Waals surface area (Å²) in [6.45, 7) is -0.608. The average molecular weight is 290 g/mol. The summed E-state index contributed by atoms with van der Waals surface area (Å²) in [6, 6.07) is 2.88. The molecular weight excluding hydrogens is 277 g/mol. The van der Waals surface area contributed by atoms with Gasteiger partial charge in [-0.05, 0) is 12.1 Å². The predicted octanol–water partition coefficient (Wildman–Crippen LogP) is 0.672. The summed E-state index contributed by atoms with van der Waals surface area (Å²) in [5, 5.41) is 11.3. The van der Waals surface area contributed by atoms with Crippen molar-refractivity contribution in [3.05, 3.63) is 34.6 Å². The van der Waals surface area contributed by atoms with E-state index in [0.717, 1.165) is 7.11 Å². The van der Waals surface area contributed by atoms with E-state index in [1.165, 1.54) is 18.2 Å². The Hall–Kier alpha value is -1.66. The van der Waals surface area contributed by atoms with Crippen molar-refractivity contribution >= 4 is 23.5 Å². The Bertz CT molecular complexity index is 461. The summed E-state index contributed by atoms with van der Waals surface area (Å²) in [7, 11) is 1.13. The number of nitrogens with one attached hydrogen (secondary N) is 1. The molecule has 0 spiro atoms. The van der Waals surface area contributed by atoms with E-state index in [9.17, 15) is 14.0 Å². The molecule has 5 nitrogen and oxygen atoms in total. The number of carbonyl (C=O) groups is 2. The van der Waals surface area contributed by atoms with Gasteiger partial charge in [0.25, 0.3) is 0 Å². The van der Waals surface area contributed by atoms with Crippen LogP contribution in [0.1, 0.15) is 5.56 Å². The number of amides is 1. The second-order valence-electron chi connectivity index (χ2n) is 3.70. The first-order chi connectivity index (χ1) is 8.99. The van der Waals surface area contributed by atoms with Crippen LogP contribution in [0.4, 0.5) is 4.39 Å². The molecule has 0 aliphatic heterocycles. The summed E-state index contributed by atoms with van der Waals surface area (Å²) in [6.07, 6.45) is -0.334. The van der Waals surface area contributed by atoms with Crippen molar-refractivity contribution in [3.8, 4) is 0 Å². The largest absolute Gasteiger partial charge is 0.467 e. The number of halogens is 2. The van der Waals surface area contributed by atoms with Gasteiger partial charge in [-0.25, -0.2) is 9.18 Å². The highest BCUT2D eigenvalue weighted by Crippen LogP contribution is 2.19. The van der Waals surface area contributed by atoms with Crippen molar-refractivity contribution in [2.45, 2.75) is 12.5 Å². The minimum atomic E-state index is -1.18. The summed E-state index contributed by atoms with van der Waals surface area (Å²) >= 11 is 5.77. The molecule has 19 heavy (non-hydrogen) atoms. The normalized spacial score (nSPS) is 11.8. The molecule has 1 atom stereocenters. The lowest BCUT2D eigenvalue weighted by molar-refractivity contribution is -0.146.